The molecule has 0 saturated carbocycles. The Kier molecular flexibility index (Phi) is 3.95. The largest absolute Gasteiger partial charge is 0.392 e. The number of benzene rings is 1. The summed E-state index contributed by atoms with van der Waals surface area (Å²) in [4.78, 5) is 6.81. The fraction of sp³-hybridized carbons (Fsp3) is 0.562. The lowest BCUT2D eigenvalue weighted by Crippen LogP contribution is -2.42. The Labute approximate surface area is 124 Å². The van der Waals surface area contributed by atoms with Crippen molar-refractivity contribution in [3.05, 3.63) is 29.8 Å². The van der Waals surface area contributed by atoms with Gasteiger partial charge in [-0.3, -0.25) is 4.90 Å². The van der Waals surface area contributed by atoms with Gasteiger partial charge in [-0.15, -0.1) is 0 Å². The summed E-state index contributed by atoms with van der Waals surface area (Å²) in [6.07, 6.45) is 0.734. The lowest BCUT2D eigenvalue weighted by Gasteiger charge is -2.34. The third-order valence-corrected chi connectivity index (χ3v) is 4.47. The number of likely N-dealkylation sites (tertiary alicyclic amines) is 1. The van der Waals surface area contributed by atoms with Gasteiger partial charge in [0.25, 0.3) is 0 Å². The van der Waals surface area contributed by atoms with E-state index in [-0.39, 0.29) is 11.9 Å². The second kappa shape index (κ2) is 5.73. The standard InChI is InChI=1S/C16H22FN3O/c1-3-20-14-5-4-12(17)8-13(14)18-16(20)10-19-7-6-11(2)15(21)9-19/h4-5,8,11,15,21H,3,6-7,9-10H2,1-2H3. The molecular formula is C16H22FN3O. The van der Waals surface area contributed by atoms with E-state index < -0.39 is 0 Å². The zero-order valence-electron chi connectivity index (χ0n) is 12.6. The van der Waals surface area contributed by atoms with Crippen LogP contribution in [0.4, 0.5) is 4.39 Å². The van der Waals surface area contributed by atoms with E-state index in [2.05, 4.69) is 28.3 Å². The normalized spacial score (nSPS) is 23.8. The number of hydrogen-bond donors (Lipinski definition) is 1. The minimum absolute atomic E-state index is 0.253. The molecule has 0 radical (unpaired) electrons. The molecule has 1 aromatic heterocycles. The maximum absolute atomic E-state index is 13.3. The van der Waals surface area contributed by atoms with Crippen molar-refractivity contribution in [3.63, 3.8) is 0 Å². The van der Waals surface area contributed by atoms with Crippen LogP contribution in [0.1, 0.15) is 26.1 Å². The third kappa shape index (κ3) is 2.80. The van der Waals surface area contributed by atoms with Crippen LogP contribution in [-0.4, -0.2) is 38.8 Å². The first-order chi connectivity index (χ1) is 10.1. The summed E-state index contributed by atoms with van der Waals surface area (Å²) in [5.74, 6) is 1.05. The number of rotatable bonds is 3. The highest BCUT2D eigenvalue weighted by Crippen LogP contribution is 2.22. The minimum atomic E-state index is -0.268. The summed E-state index contributed by atoms with van der Waals surface area (Å²) < 4.78 is 15.5. The van der Waals surface area contributed by atoms with Crippen LogP contribution < -0.4 is 0 Å². The van der Waals surface area contributed by atoms with Crippen molar-refractivity contribution in [2.75, 3.05) is 13.1 Å². The van der Waals surface area contributed by atoms with Crippen molar-refractivity contribution in [3.8, 4) is 0 Å². The molecular weight excluding hydrogens is 269 g/mol. The number of aromatic nitrogens is 2. The van der Waals surface area contributed by atoms with Gasteiger partial charge in [-0.25, -0.2) is 9.37 Å². The molecule has 3 rings (SSSR count). The lowest BCUT2D eigenvalue weighted by atomic mass is 9.96. The Hall–Kier alpha value is -1.46. The number of fused-ring (bicyclic) bond motifs is 1. The van der Waals surface area contributed by atoms with Gasteiger partial charge >= 0.3 is 0 Å². The zero-order valence-corrected chi connectivity index (χ0v) is 12.6. The fourth-order valence-corrected chi connectivity index (χ4v) is 3.08. The van der Waals surface area contributed by atoms with E-state index in [4.69, 9.17) is 0 Å². The third-order valence-electron chi connectivity index (χ3n) is 4.47. The Morgan fingerprint density at radius 2 is 2.24 bits per heavy atom. The summed E-state index contributed by atoms with van der Waals surface area (Å²) >= 11 is 0. The van der Waals surface area contributed by atoms with Crippen LogP contribution in [0, 0.1) is 11.7 Å². The number of nitrogens with zero attached hydrogens (tertiary/aromatic N) is 3. The van der Waals surface area contributed by atoms with Crippen LogP contribution >= 0.6 is 0 Å². The van der Waals surface area contributed by atoms with Gasteiger partial charge in [-0.2, -0.15) is 0 Å². The van der Waals surface area contributed by atoms with Crippen LogP contribution in [0.25, 0.3) is 11.0 Å². The maximum Gasteiger partial charge on any atom is 0.125 e. The van der Waals surface area contributed by atoms with Crippen molar-refractivity contribution in [1.29, 1.82) is 0 Å². The number of aliphatic hydroxyl groups excluding tert-OH is 1. The van der Waals surface area contributed by atoms with Crippen molar-refractivity contribution in [1.82, 2.24) is 14.5 Å². The van der Waals surface area contributed by atoms with E-state index in [1.54, 1.807) is 6.07 Å². The molecule has 5 heteroatoms. The van der Waals surface area contributed by atoms with Gasteiger partial charge in [0.2, 0.25) is 0 Å². The molecule has 0 bridgehead atoms. The first-order valence-corrected chi connectivity index (χ1v) is 7.63. The number of imidazole rings is 1. The molecule has 1 fully saturated rings. The van der Waals surface area contributed by atoms with E-state index >= 15 is 0 Å². The van der Waals surface area contributed by atoms with E-state index in [9.17, 15) is 9.50 Å². The van der Waals surface area contributed by atoms with E-state index in [0.717, 1.165) is 30.9 Å². The molecule has 4 nitrogen and oxygen atoms in total. The molecule has 2 aromatic rings. The van der Waals surface area contributed by atoms with Crippen LogP contribution in [0.15, 0.2) is 18.2 Å². The van der Waals surface area contributed by atoms with E-state index in [0.29, 0.717) is 24.5 Å². The monoisotopic (exact) mass is 291 g/mol. The van der Waals surface area contributed by atoms with Gasteiger partial charge in [-0.05, 0) is 37.9 Å². The Balaban J connectivity index is 1.86. The van der Waals surface area contributed by atoms with Crippen LogP contribution in [0.2, 0.25) is 0 Å². The topological polar surface area (TPSA) is 41.3 Å². The highest BCUT2D eigenvalue weighted by molar-refractivity contribution is 5.76. The van der Waals surface area contributed by atoms with Crippen LogP contribution in [0.3, 0.4) is 0 Å². The number of aliphatic hydroxyl groups is 1. The van der Waals surface area contributed by atoms with Crippen molar-refractivity contribution in [2.45, 2.75) is 39.5 Å². The van der Waals surface area contributed by atoms with Crippen molar-refractivity contribution in [2.24, 2.45) is 5.92 Å². The Bertz CT molecular complexity index is 640. The summed E-state index contributed by atoms with van der Waals surface area (Å²) in [6.45, 7) is 7.33. The van der Waals surface area contributed by atoms with Gasteiger partial charge in [0.15, 0.2) is 0 Å². The molecule has 0 aliphatic carbocycles. The minimum Gasteiger partial charge on any atom is -0.392 e. The highest BCUT2D eigenvalue weighted by Gasteiger charge is 2.25. The highest BCUT2D eigenvalue weighted by atomic mass is 19.1. The second-order valence-electron chi connectivity index (χ2n) is 5.97. The SMILES string of the molecule is CCn1c(CN2CCC(C)C(O)C2)nc2cc(F)ccc21. The predicted octanol–water partition coefficient (Wildman–Crippen LogP) is 2.40. The maximum atomic E-state index is 13.3. The number of piperidine rings is 1. The number of halogens is 1. The lowest BCUT2D eigenvalue weighted by molar-refractivity contribution is 0.0246. The molecule has 0 spiro atoms. The molecule has 114 valence electrons. The first kappa shape index (κ1) is 14.5. The molecule has 1 N–H and O–H groups in total. The number of aryl methyl sites for hydroxylation is 1. The number of hydrogen-bond acceptors (Lipinski definition) is 3. The second-order valence-corrected chi connectivity index (χ2v) is 5.97. The smallest absolute Gasteiger partial charge is 0.125 e. The molecule has 2 atom stereocenters. The van der Waals surface area contributed by atoms with Crippen LogP contribution in [0.5, 0.6) is 0 Å². The van der Waals surface area contributed by atoms with E-state index in [1.165, 1.54) is 12.1 Å². The number of β-amino-alcohol motifs (C(OH)–C–C–N with tert-alkyl or cyclic N) is 1. The molecule has 1 saturated heterocycles. The Morgan fingerprint density at radius 3 is 2.95 bits per heavy atom. The molecule has 1 aromatic carbocycles. The molecule has 1 aliphatic heterocycles. The van der Waals surface area contributed by atoms with Crippen molar-refractivity contribution >= 4 is 11.0 Å². The molecule has 21 heavy (non-hydrogen) atoms. The summed E-state index contributed by atoms with van der Waals surface area (Å²) in [5, 5.41) is 10.0. The summed E-state index contributed by atoms with van der Waals surface area (Å²) in [7, 11) is 0. The quantitative estimate of drug-likeness (QED) is 0.944. The average Bonchev–Trinajstić information content (AvgIpc) is 2.79. The van der Waals surface area contributed by atoms with Crippen LogP contribution in [-0.2, 0) is 13.1 Å². The molecule has 2 unspecified atom stereocenters. The summed E-state index contributed by atoms with van der Waals surface area (Å²) in [6, 6.07) is 4.75. The molecule has 2 heterocycles. The van der Waals surface area contributed by atoms with Gasteiger partial charge in [-0.1, -0.05) is 6.92 Å². The average molecular weight is 291 g/mol. The fourth-order valence-electron chi connectivity index (χ4n) is 3.08. The predicted molar refractivity (Wildman–Crippen MR) is 80.4 cm³/mol. The van der Waals surface area contributed by atoms with Gasteiger partial charge in [0, 0.05) is 19.2 Å². The zero-order chi connectivity index (χ0) is 15.0. The Morgan fingerprint density at radius 1 is 1.43 bits per heavy atom. The first-order valence-electron chi connectivity index (χ1n) is 7.63. The molecule has 1 aliphatic rings. The van der Waals surface area contributed by atoms with Gasteiger partial charge in [0.05, 0.1) is 23.7 Å². The van der Waals surface area contributed by atoms with E-state index in [1.807, 2.05) is 0 Å². The summed E-state index contributed by atoms with van der Waals surface area (Å²) in [5.41, 5.74) is 1.68. The van der Waals surface area contributed by atoms with Gasteiger partial charge in [0.1, 0.15) is 11.6 Å². The van der Waals surface area contributed by atoms with Crippen molar-refractivity contribution < 1.29 is 9.50 Å². The van der Waals surface area contributed by atoms with Gasteiger partial charge < -0.3 is 9.67 Å². The molecule has 0 amide bonds.